The van der Waals surface area contributed by atoms with E-state index in [1.54, 1.807) is 7.11 Å². The van der Waals surface area contributed by atoms with Crippen LogP contribution in [0.2, 0.25) is 0 Å². The molecule has 1 amide bonds. The third-order valence-corrected chi connectivity index (χ3v) is 4.94. The number of methoxy groups -OCH3 is 1. The number of anilines is 1. The molecule has 2 unspecified atom stereocenters. The highest BCUT2D eigenvalue weighted by Crippen LogP contribution is 2.35. The zero-order chi connectivity index (χ0) is 23.3. The van der Waals surface area contributed by atoms with Gasteiger partial charge in [0.2, 0.25) is 5.91 Å². The summed E-state index contributed by atoms with van der Waals surface area (Å²) < 4.78 is 43.7. The molecule has 1 aliphatic rings. The predicted molar refractivity (Wildman–Crippen MR) is 110 cm³/mol. The quantitative estimate of drug-likeness (QED) is 0.358. The lowest BCUT2D eigenvalue weighted by molar-refractivity contribution is -0.384. The van der Waals surface area contributed by atoms with E-state index >= 15 is 0 Å². The molecule has 1 fully saturated rings. The van der Waals surface area contributed by atoms with E-state index in [9.17, 15) is 28.1 Å². The molecular weight excluding hydrogens is 431 g/mol. The van der Waals surface area contributed by atoms with E-state index in [0.29, 0.717) is 12.5 Å². The largest absolute Gasteiger partial charge is 0.496 e. The Balaban J connectivity index is 1.51. The van der Waals surface area contributed by atoms with Gasteiger partial charge in [-0.05, 0) is 18.2 Å². The van der Waals surface area contributed by atoms with E-state index in [0.717, 1.165) is 23.4 Å². The van der Waals surface area contributed by atoms with Gasteiger partial charge in [-0.15, -0.1) is 0 Å². The summed E-state index contributed by atoms with van der Waals surface area (Å²) in [5, 5.41) is 16.6. The number of amides is 1. The lowest BCUT2D eigenvalue weighted by Crippen LogP contribution is -2.44. The fourth-order valence-electron chi connectivity index (χ4n) is 3.39. The minimum absolute atomic E-state index is 0.00806. The number of nitro benzene ring substituents is 1. The van der Waals surface area contributed by atoms with Gasteiger partial charge in [0.15, 0.2) is 0 Å². The molecule has 1 heterocycles. The van der Waals surface area contributed by atoms with Gasteiger partial charge in [-0.1, -0.05) is 18.2 Å². The Morgan fingerprint density at radius 1 is 1.25 bits per heavy atom. The molecule has 3 rings (SSSR count). The molecule has 1 aliphatic heterocycles. The van der Waals surface area contributed by atoms with E-state index in [2.05, 4.69) is 21.5 Å². The monoisotopic (exact) mass is 453 g/mol. The summed E-state index contributed by atoms with van der Waals surface area (Å²) in [5.74, 6) is 0.396. The Morgan fingerprint density at radius 3 is 2.69 bits per heavy atom. The number of carbonyl (C=O) groups excluding carboxylic acids is 1. The third-order valence-electron chi connectivity index (χ3n) is 4.94. The summed E-state index contributed by atoms with van der Waals surface area (Å²) >= 11 is 0. The van der Waals surface area contributed by atoms with Gasteiger partial charge >= 0.3 is 6.18 Å². The van der Waals surface area contributed by atoms with E-state index < -0.39 is 22.4 Å². The molecule has 0 bridgehead atoms. The Bertz CT molecular complexity index is 986. The van der Waals surface area contributed by atoms with Gasteiger partial charge in [-0.3, -0.25) is 14.9 Å². The van der Waals surface area contributed by atoms with Crippen molar-refractivity contribution in [3.63, 3.8) is 0 Å². The summed E-state index contributed by atoms with van der Waals surface area (Å²) in [6, 6.07) is 9.63. The first kappa shape index (κ1) is 23.3. The number of para-hydroxylation sites is 1. The lowest BCUT2D eigenvalue weighted by atomic mass is 10.0. The molecule has 0 radical (unpaired) electrons. The van der Waals surface area contributed by atoms with Crippen molar-refractivity contribution >= 4 is 17.3 Å². The number of rotatable bonds is 8. The van der Waals surface area contributed by atoms with Crippen molar-refractivity contribution in [3.8, 4) is 5.75 Å². The highest BCUT2D eigenvalue weighted by atomic mass is 19.4. The predicted octanol–water partition coefficient (Wildman–Crippen LogP) is 3.11. The molecule has 32 heavy (non-hydrogen) atoms. The van der Waals surface area contributed by atoms with E-state index in [1.807, 2.05) is 24.3 Å². The number of nitrogens with zero attached hydrogens (tertiary/aromatic N) is 1. The Kier molecular flexibility index (Phi) is 7.15. The zero-order valence-electron chi connectivity index (χ0n) is 17.0. The summed E-state index contributed by atoms with van der Waals surface area (Å²) in [5.41, 5.74) is 5.11. The second-order valence-electron chi connectivity index (χ2n) is 7.10. The number of nitro groups is 1. The molecule has 0 aromatic heterocycles. The normalized spacial score (nSPS) is 18.2. The van der Waals surface area contributed by atoms with Crippen LogP contribution in [0.5, 0.6) is 5.75 Å². The minimum atomic E-state index is -4.69. The van der Waals surface area contributed by atoms with Crippen LogP contribution in [0.25, 0.3) is 0 Å². The maximum atomic E-state index is 12.8. The average molecular weight is 453 g/mol. The fraction of sp³-hybridized carbons (Fsp3) is 0.350. The third kappa shape index (κ3) is 5.65. The van der Waals surface area contributed by atoms with Crippen molar-refractivity contribution in [2.75, 3.05) is 19.0 Å². The van der Waals surface area contributed by atoms with Gasteiger partial charge in [0, 0.05) is 31.0 Å². The van der Waals surface area contributed by atoms with E-state index in [1.165, 1.54) is 0 Å². The number of hydrazine groups is 1. The molecule has 0 aliphatic carbocycles. The van der Waals surface area contributed by atoms with Crippen LogP contribution in [0, 0.1) is 10.1 Å². The number of alkyl halides is 3. The first-order valence-corrected chi connectivity index (χ1v) is 9.72. The van der Waals surface area contributed by atoms with E-state index in [4.69, 9.17) is 4.74 Å². The first-order valence-electron chi connectivity index (χ1n) is 9.72. The maximum Gasteiger partial charge on any atom is 0.416 e. The number of carbonyl (C=O) groups is 1. The van der Waals surface area contributed by atoms with Gasteiger partial charge in [-0.25, -0.2) is 10.9 Å². The molecule has 2 atom stereocenters. The van der Waals surface area contributed by atoms with Crippen molar-refractivity contribution in [2.45, 2.75) is 31.2 Å². The molecule has 2 aromatic rings. The van der Waals surface area contributed by atoms with Crippen LogP contribution in [0.1, 0.15) is 30.0 Å². The van der Waals surface area contributed by atoms with Crippen LogP contribution in [0.4, 0.5) is 24.5 Å². The van der Waals surface area contributed by atoms with Crippen LogP contribution >= 0.6 is 0 Å². The van der Waals surface area contributed by atoms with E-state index in [-0.39, 0.29) is 36.8 Å². The Morgan fingerprint density at radius 2 is 2.00 bits per heavy atom. The summed E-state index contributed by atoms with van der Waals surface area (Å²) in [6.07, 6.45) is -4.51. The SMILES string of the molecule is COc1ccccc1C1CC(NC(=O)CCNc2ccc(C(F)(F)F)cc2[N+](=O)[O-])NN1. The van der Waals surface area contributed by atoms with Crippen LogP contribution < -0.4 is 26.2 Å². The van der Waals surface area contributed by atoms with Crippen LogP contribution in [-0.2, 0) is 11.0 Å². The topological polar surface area (TPSA) is 118 Å². The number of benzene rings is 2. The molecule has 12 heteroatoms. The van der Waals surface area contributed by atoms with Gasteiger partial charge < -0.3 is 15.4 Å². The highest BCUT2D eigenvalue weighted by Gasteiger charge is 2.33. The number of hydrogen-bond acceptors (Lipinski definition) is 7. The molecule has 2 aromatic carbocycles. The van der Waals surface area contributed by atoms with Gasteiger partial charge in [-0.2, -0.15) is 13.2 Å². The molecule has 0 spiro atoms. The number of ether oxygens (including phenoxy) is 1. The highest BCUT2D eigenvalue weighted by molar-refractivity contribution is 5.77. The van der Waals surface area contributed by atoms with Crippen molar-refractivity contribution in [1.82, 2.24) is 16.2 Å². The maximum absolute atomic E-state index is 12.8. The van der Waals surface area contributed by atoms with Crippen molar-refractivity contribution < 1.29 is 27.6 Å². The van der Waals surface area contributed by atoms with Crippen LogP contribution in [0.3, 0.4) is 0 Å². The number of nitrogens with one attached hydrogen (secondary N) is 4. The number of hydrogen-bond donors (Lipinski definition) is 4. The van der Waals surface area contributed by atoms with Crippen LogP contribution in [0.15, 0.2) is 42.5 Å². The molecule has 0 saturated carbocycles. The van der Waals surface area contributed by atoms with Gasteiger partial charge in [0.05, 0.1) is 29.8 Å². The minimum Gasteiger partial charge on any atom is -0.496 e. The summed E-state index contributed by atoms with van der Waals surface area (Å²) in [6.45, 7) is 0.00806. The molecular formula is C20H22F3N5O4. The summed E-state index contributed by atoms with van der Waals surface area (Å²) in [4.78, 5) is 22.5. The molecule has 1 saturated heterocycles. The molecule has 172 valence electrons. The Labute approximate surface area is 181 Å². The summed E-state index contributed by atoms with van der Waals surface area (Å²) in [7, 11) is 1.58. The first-order chi connectivity index (χ1) is 15.2. The van der Waals surface area contributed by atoms with Crippen molar-refractivity contribution in [3.05, 3.63) is 63.7 Å². The van der Waals surface area contributed by atoms with Crippen molar-refractivity contribution in [2.24, 2.45) is 0 Å². The molecule has 9 nitrogen and oxygen atoms in total. The smallest absolute Gasteiger partial charge is 0.416 e. The zero-order valence-corrected chi connectivity index (χ0v) is 17.0. The average Bonchev–Trinajstić information content (AvgIpc) is 3.21. The fourth-order valence-corrected chi connectivity index (χ4v) is 3.39. The lowest BCUT2D eigenvalue weighted by Gasteiger charge is -2.14. The standard InChI is InChI=1S/C20H22F3N5O4/c1-32-17-5-3-2-4-13(17)15-11-18(27-26-15)25-19(29)8-9-24-14-7-6-12(20(21,22)23)10-16(14)28(30)31/h2-7,10,15,18,24,26-27H,8-9,11H2,1H3,(H,25,29). The van der Waals surface area contributed by atoms with Crippen molar-refractivity contribution in [1.29, 1.82) is 0 Å². The second kappa shape index (κ2) is 9.83. The van der Waals surface area contributed by atoms with Gasteiger partial charge in [0.1, 0.15) is 11.4 Å². The van der Waals surface area contributed by atoms with Crippen LogP contribution in [-0.4, -0.2) is 30.7 Å². The second-order valence-corrected chi connectivity index (χ2v) is 7.10. The Hall–Kier alpha value is -3.38. The molecule has 4 N–H and O–H groups in total. The van der Waals surface area contributed by atoms with Gasteiger partial charge in [0.25, 0.3) is 5.69 Å². The number of halogens is 3.